The SMILES string of the molecule is COc1ccc2c(c1)OC(CN1CCC3(CC1)C(=O)NCN3c1ccccc1)C2. The third-order valence-electron chi connectivity index (χ3n) is 6.57. The number of carbonyl (C=O) groups is 1. The molecule has 3 heterocycles. The Kier molecular flexibility index (Phi) is 4.59. The van der Waals surface area contributed by atoms with E-state index in [4.69, 9.17) is 9.47 Å². The quantitative estimate of drug-likeness (QED) is 0.865. The lowest BCUT2D eigenvalue weighted by Crippen LogP contribution is -2.57. The highest BCUT2D eigenvalue weighted by molar-refractivity contribution is 5.93. The predicted molar refractivity (Wildman–Crippen MR) is 111 cm³/mol. The minimum Gasteiger partial charge on any atom is -0.497 e. The zero-order valence-corrected chi connectivity index (χ0v) is 16.8. The Morgan fingerprint density at radius 1 is 1.17 bits per heavy atom. The average Bonchev–Trinajstić information content (AvgIpc) is 3.30. The van der Waals surface area contributed by atoms with Gasteiger partial charge in [-0.3, -0.25) is 9.69 Å². The number of nitrogens with zero attached hydrogens (tertiary/aromatic N) is 2. The van der Waals surface area contributed by atoms with E-state index in [1.807, 2.05) is 30.3 Å². The Morgan fingerprint density at radius 3 is 2.72 bits per heavy atom. The first-order valence-corrected chi connectivity index (χ1v) is 10.3. The summed E-state index contributed by atoms with van der Waals surface area (Å²) in [4.78, 5) is 17.5. The number of nitrogens with one attached hydrogen (secondary N) is 1. The maximum atomic E-state index is 12.8. The second-order valence-corrected chi connectivity index (χ2v) is 8.18. The van der Waals surface area contributed by atoms with Crippen LogP contribution >= 0.6 is 0 Å². The van der Waals surface area contributed by atoms with E-state index in [0.717, 1.165) is 56.1 Å². The first kappa shape index (κ1) is 18.3. The first-order valence-electron chi connectivity index (χ1n) is 10.3. The van der Waals surface area contributed by atoms with Crippen molar-refractivity contribution < 1.29 is 14.3 Å². The largest absolute Gasteiger partial charge is 0.497 e. The number of anilines is 1. The summed E-state index contributed by atoms with van der Waals surface area (Å²) in [6, 6.07) is 16.3. The highest BCUT2D eigenvalue weighted by Crippen LogP contribution is 2.37. The number of hydrogen-bond donors (Lipinski definition) is 1. The van der Waals surface area contributed by atoms with Gasteiger partial charge in [0.05, 0.1) is 13.8 Å². The van der Waals surface area contributed by atoms with Crippen molar-refractivity contribution in [3.63, 3.8) is 0 Å². The van der Waals surface area contributed by atoms with Gasteiger partial charge in [0.2, 0.25) is 5.91 Å². The van der Waals surface area contributed by atoms with Crippen LogP contribution in [0.5, 0.6) is 11.5 Å². The number of carbonyl (C=O) groups excluding carboxylic acids is 1. The zero-order chi connectivity index (χ0) is 19.8. The third-order valence-corrected chi connectivity index (χ3v) is 6.57. The molecule has 1 N–H and O–H groups in total. The van der Waals surface area contributed by atoms with Crippen LogP contribution in [0.1, 0.15) is 18.4 Å². The molecule has 6 heteroatoms. The van der Waals surface area contributed by atoms with E-state index in [2.05, 4.69) is 33.3 Å². The fourth-order valence-corrected chi connectivity index (χ4v) is 4.93. The number of methoxy groups -OCH3 is 1. The van der Waals surface area contributed by atoms with Crippen molar-refractivity contribution in [1.82, 2.24) is 10.2 Å². The van der Waals surface area contributed by atoms with E-state index in [0.29, 0.717) is 6.67 Å². The topological polar surface area (TPSA) is 54.0 Å². The Morgan fingerprint density at radius 2 is 1.97 bits per heavy atom. The molecule has 1 amide bonds. The molecule has 1 spiro atoms. The molecule has 0 aliphatic carbocycles. The molecule has 1 unspecified atom stereocenters. The van der Waals surface area contributed by atoms with Gasteiger partial charge in [0.15, 0.2) is 0 Å². The molecular weight excluding hydrogens is 366 g/mol. The molecule has 0 radical (unpaired) electrons. The summed E-state index contributed by atoms with van der Waals surface area (Å²) in [6.45, 7) is 3.28. The Labute approximate surface area is 171 Å². The molecule has 3 aliphatic rings. The van der Waals surface area contributed by atoms with Crippen LogP contribution in [0.2, 0.25) is 0 Å². The molecular formula is C23H27N3O3. The molecule has 152 valence electrons. The Hall–Kier alpha value is -2.73. The predicted octanol–water partition coefficient (Wildman–Crippen LogP) is 2.43. The van der Waals surface area contributed by atoms with Crippen LogP contribution in [-0.2, 0) is 11.2 Å². The lowest BCUT2D eigenvalue weighted by atomic mass is 9.85. The van der Waals surface area contributed by atoms with Crippen LogP contribution in [0.15, 0.2) is 48.5 Å². The van der Waals surface area contributed by atoms with Gasteiger partial charge in [-0.25, -0.2) is 0 Å². The van der Waals surface area contributed by atoms with Gasteiger partial charge in [0.1, 0.15) is 23.1 Å². The number of rotatable bonds is 4. The summed E-state index contributed by atoms with van der Waals surface area (Å²) in [5.74, 6) is 1.93. The number of para-hydroxylation sites is 1. The van der Waals surface area contributed by atoms with Crippen LogP contribution < -0.4 is 19.7 Å². The summed E-state index contributed by atoms with van der Waals surface area (Å²) in [5, 5.41) is 3.07. The van der Waals surface area contributed by atoms with Gasteiger partial charge >= 0.3 is 0 Å². The summed E-state index contributed by atoms with van der Waals surface area (Å²) in [7, 11) is 1.68. The number of amides is 1. The first-order chi connectivity index (χ1) is 14.2. The van der Waals surface area contributed by atoms with Gasteiger partial charge in [0, 0.05) is 37.8 Å². The molecule has 0 saturated carbocycles. The van der Waals surface area contributed by atoms with Gasteiger partial charge in [-0.05, 0) is 36.6 Å². The van der Waals surface area contributed by atoms with Crippen molar-refractivity contribution in [2.45, 2.75) is 30.9 Å². The smallest absolute Gasteiger partial charge is 0.247 e. The van der Waals surface area contributed by atoms with Crippen molar-refractivity contribution >= 4 is 11.6 Å². The van der Waals surface area contributed by atoms with E-state index in [1.54, 1.807) is 7.11 Å². The molecule has 2 fully saturated rings. The number of likely N-dealkylation sites (tertiary alicyclic amines) is 1. The van der Waals surface area contributed by atoms with E-state index < -0.39 is 5.54 Å². The monoisotopic (exact) mass is 393 g/mol. The van der Waals surface area contributed by atoms with Crippen LogP contribution in [0.4, 0.5) is 5.69 Å². The van der Waals surface area contributed by atoms with Crippen molar-refractivity contribution in [2.24, 2.45) is 0 Å². The lowest BCUT2D eigenvalue weighted by molar-refractivity contribution is -0.125. The van der Waals surface area contributed by atoms with Gasteiger partial charge in [-0.15, -0.1) is 0 Å². The molecule has 2 saturated heterocycles. The molecule has 29 heavy (non-hydrogen) atoms. The fourth-order valence-electron chi connectivity index (χ4n) is 4.93. The van der Waals surface area contributed by atoms with Crippen LogP contribution in [0.25, 0.3) is 0 Å². The molecule has 2 aromatic carbocycles. The number of piperidine rings is 1. The van der Waals surface area contributed by atoms with Gasteiger partial charge < -0.3 is 19.7 Å². The van der Waals surface area contributed by atoms with Crippen LogP contribution in [0, 0.1) is 0 Å². The van der Waals surface area contributed by atoms with Crippen molar-refractivity contribution in [1.29, 1.82) is 0 Å². The minimum absolute atomic E-state index is 0.161. The van der Waals surface area contributed by atoms with Crippen LogP contribution in [-0.4, -0.2) is 55.9 Å². The van der Waals surface area contributed by atoms with Gasteiger partial charge in [-0.1, -0.05) is 24.3 Å². The summed E-state index contributed by atoms with van der Waals surface area (Å²) in [5.41, 5.74) is 1.93. The van der Waals surface area contributed by atoms with E-state index in [-0.39, 0.29) is 12.0 Å². The van der Waals surface area contributed by atoms with Gasteiger partial charge in [-0.2, -0.15) is 0 Å². The number of hydrogen-bond acceptors (Lipinski definition) is 5. The van der Waals surface area contributed by atoms with E-state index in [9.17, 15) is 4.79 Å². The Balaban J connectivity index is 1.23. The maximum absolute atomic E-state index is 12.8. The average molecular weight is 393 g/mol. The summed E-state index contributed by atoms with van der Waals surface area (Å²) < 4.78 is 11.5. The second-order valence-electron chi connectivity index (χ2n) is 8.18. The highest BCUT2D eigenvalue weighted by Gasteiger charge is 2.50. The zero-order valence-electron chi connectivity index (χ0n) is 16.8. The normalized spacial score (nSPS) is 23.0. The number of fused-ring (bicyclic) bond motifs is 1. The van der Waals surface area contributed by atoms with Crippen molar-refractivity contribution in [3.05, 3.63) is 54.1 Å². The summed E-state index contributed by atoms with van der Waals surface area (Å²) >= 11 is 0. The number of benzene rings is 2. The molecule has 0 aromatic heterocycles. The lowest BCUT2D eigenvalue weighted by Gasteiger charge is -2.43. The molecule has 5 rings (SSSR count). The molecule has 0 bridgehead atoms. The van der Waals surface area contributed by atoms with E-state index in [1.165, 1.54) is 5.56 Å². The number of ether oxygens (including phenoxy) is 2. The van der Waals surface area contributed by atoms with Crippen LogP contribution in [0.3, 0.4) is 0 Å². The minimum atomic E-state index is -0.426. The molecule has 1 atom stereocenters. The molecule has 6 nitrogen and oxygen atoms in total. The second kappa shape index (κ2) is 7.26. The Bertz CT molecular complexity index is 893. The van der Waals surface area contributed by atoms with Gasteiger partial charge in [0.25, 0.3) is 0 Å². The van der Waals surface area contributed by atoms with E-state index >= 15 is 0 Å². The standard InChI is InChI=1S/C23H27N3O3/c1-28-19-8-7-17-13-20(29-21(17)14-19)15-25-11-9-23(10-12-25)22(27)24-16-26(23)18-5-3-2-4-6-18/h2-8,14,20H,9-13,15-16H2,1H3,(H,24,27). The summed E-state index contributed by atoms with van der Waals surface area (Å²) in [6.07, 6.45) is 2.76. The highest BCUT2D eigenvalue weighted by atomic mass is 16.5. The van der Waals surface area contributed by atoms with Crippen molar-refractivity contribution in [2.75, 3.05) is 38.3 Å². The fraction of sp³-hybridized carbons (Fsp3) is 0.435. The van der Waals surface area contributed by atoms with Crippen molar-refractivity contribution in [3.8, 4) is 11.5 Å². The third kappa shape index (κ3) is 3.21. The maximum Gasteiger partial charge on any atom is 0.247 e. The molecule has 2 aromatic rings. The molecule has 3 aliphatic heterocycles.